The number of fused-ring (bicyclic) bond motifs is 6. The highest BCUT2D eigenvalue weighted by Gasteiger charge is 2.17. The molecule has 0 N–H and O–H groups in total. The highest BCUT2D eigenvalue weighted by Crippen LogP contribution is 2.41. The molecule has 0 aliphatic rings. The second-order valence-corrected chi connectivity index (χ2v) is 14.6. The molecule has 0 unspecified atom stereocenters. The lowest BCUT2D eigenvalue weighted by atomic mass is 9.97. The van der Waals surface area contributed by atoms with Crippen LogP contribution in [-0.2, 0) is 0 Å². The lowest BCUT2D eigenvalue weighted by molar-refractivity contribution is 0.669. The number of hydrogen-bond acceptors (Lipinski definition) is 2. The Bertz CT molecular complexity index is 3260. The lowest BCUT2D eigenvalue weighted by Gasteiger charge is -2.26. The number of furan rings is 1. The summed E-state index contributed by atoms with van der Waals surface area (Å²) in [4.78, 5) is 2.34. The largest absolute Gasteiger partial charge is 0.456 e. The molecule has 0 bridgehead atoms. The molecule has 10 aromatic carbocycles. The van der Waals surface area contributed by atoms with Crippen molar-refractivity contribution in [2.24, 2.45) is 0 Å². The van der Waals surface area contributed by atoms with Crippen LogP contribution in [0.15, 0.2) is 217 Å². The summed E-state index contributed by atoms with van der Waals surface area (Å²) in [6, 6.07) is 76.6. The van der Waals surface area contributed by atoms with E-state index in [1.165, 1.54) is 60.1 Å². The van der Waals surface area contributed by atoms with Crippen LogP contribution >= 0.6 is 0 Å². The van der Waals surface area contributed by atoms with Gasteiger partial charge < -0.3 is 9.32 Å². The quantitative estimate of drug-likeness (QED) is 0.171. The van der Waals surface area contributed by atoms with E-state index in [1.807, 2.05) is 0 Å². The zero-order valence-corrected chi connectivity index (χ0v) is 30.6. The van der Waals surface area contributed by atoms with Crippen LogP contribution in [-0.4, -0.2) is 0 Å². The second-order valence-electron chi connectivity index (χ2n) is 14.6. The van der Waals surface area contributed by atoms with Gasteiger partial charge in [0, 0.05) is 33.9 Å². The number of hydrogen-bond donors (Lipinski definition) is 0. The van der Waals surface area contributed by atoms with E-state index in [4.69, 9.17) is 4.42 Å². The third-order valence-electron chi connectivity index (χ3n) is 11.2. The summed E-state index contributed by atoms with van der Waals surface area (Å²) in [5.74, 6) is 0. The molecule has 0 fully saturated rings. The molecule has 262 valence electrons. The summed E-state index contributed by atoms with van der Waals surface area (Å²) < 4.78 is 6.58. The Balaban J connectivity index is 1.02. The van der Waals surface area contributed by atoms with Gasteiger partial charge in [0.2, 0.25) is 0 Å². The van der Waals surface area contributed by atoms with Gasteiger partial charge in [0.25, 0.3) is 0 Å². The summed E-state index contributed by atoms with van der Waals surface area (Å²) in [6.45, 7) is 0. The number of anilines is 3. The molecular formula is C54H35NO. The van der Waals surface area contributed by atoms with Crippen LogP contribution in [0.25, 0.3) is 87.6 Å². The topological polar surface area (TPSA) is 16.4 Å². The maximum absolute atomic E-state index is 6.58. The predicted octanol–water partition coefficient (Wildman–Crippen LogP) is 15.5. The van der Waals surface area contributed by atoms with Gasteiger partial charge in [0.1, 0.15) is 11.2 Å². The van der Waals surface area contributed by atoms with E-state index in [2.05, 4.69) is 217 Å². The molecule has 0 saturated carbocycles. The molecule has 11 aromatic rings. The monoisotopic (exact) mass is 713 g/mol. The Morgan fingerprint density at radius 2 is 0.714 bits per heavy atom. The fraction of sp³-hybridized carbons (Fsp3) is 0. The molecule has 0 amide bonds. The predicted molar refractivity (Wildman–Crippen MR) is 237 cm³/mol. The standard InChI is InChI=1S/C54H35NO/c1-3-11-39-29-46(21-19-36(39)9-1)38-23-25-48(26-24-38)55(50-27-28-51-52-33-44-13-5-6-14-45(44)34-53(52)56-54(51)35-50)49-18-8-17-43(32-49)41-15-7-16-42(31-41)47-22-20-37-10-2-4-12-40(37)30-47/h1-35H. The lowest BCUT2D eigenvalue weighted by Crippen LogP contribution is -2.10. The zero-order chi connectivity index (χ0) is 37.0. The molecule has 0 radical (unpaired) electrons. The summed E-state index contributed by atoms with van der Waals surface area (Å²) >= 11 is 0. The van der Waals surface area contributed by atoms with Crippen molar-refractivity contribution in [3.63, 3.8) is 0 Å². The van der Waals surface area contributed by atoms with Gasteiger partial charge in [-0.1, -0.05) is 140 Å². The Hall–Kier alpha value is -7.42. The molecule has 1 aromatic heterocycles. The fourth-order valence-electron chi connectivity index (χ4n) is 8.28. The highest BCUT2D eigenvalue weighted by atomic mass is 16.3. The third kappa shape index (κ3) is 5.68. The summed E-state index contributed by atoms with van der Waals surface area (Å²) in [6.07, 6.45) is 0. The molecular weight excluding hydrogens is 679 g/mol. The SMILES string of the molecule is c1cc(-c2cccc(N(c3ccc(-c4ccc5ccccc5c4)cc3)c3ccc4c(c3)oc3cc5ccccc5cc34)c2)cc(-c2ccc3ccccc3c2)c1. The van der Waals surface area contributed by atoms with E-state index in [9.17, 15) is 0 Å². The van der Waals surface area contributed by atoms with E-state index >= 15 is 0 Å². The Labute approximate surface area is 325 Å². The van der Waals surface area contributed by atoms with Crippen molar-refractivity contribution >= 4 is 71.3 Å². The van der Waals surface area contributed by atoms with Crippen LogP contribution in [0.5, 0.6) is 0 Å². The smallest absolute Gasteiger partial charge is 0.137 e. The molecule has 56 heavy (non-hydrogen) atoms. The minimum Gasteiger partial charge on any atom is -0.456 e. The van der Waals surface area contributed by atoms with E-state index < -0.39 is 0 Å². The van der Waals surface area contributed by atoms with Crippen molar-refractivity contribution in [3.05, 3.63) is 212 Å². The van der Waals surface area contributed by atoms with Gasteiger partial charge in [-0.15, -0.1) is 0 Å². The van der Waals surface area contributed by atoms with E-state index in [1.54, 1.807) is 0 Å². The second kappa shape index (κ2) is 13.2. The molecule has 0 saturated heterocycles. The third-order valence-corrected chi connectivity index (χ3v) is 11.2. The minimum atomic E-state index is 0.866. The molecule has 0 atom stereocenters. The van der Waals surface area contributed by atoms with E-state index in [0.29, 0.717) is 0 Å². The first-order valence-corrected chi connectivity index (χ1v) is 19.1. The fourth-order valence-corrected chi connectivity index (χ4v) is 8.28. The van der Waals surface area contributed by atoms with Crippen molar-refractivity contribution in [2.45, 2.75) is 0 Å². The first-order valence-electron chi connectivity index (χ1n) is 19.1. The van der Waals surface area contributed by atoms with Crippen LogP contribution in [0.1, 0.15) is 0 Å². The van der Waals surface area contributed by atoms with Crippen molar-refractivity contribution in [1.82, 2.24) is 0 Å². The van der Waals surface area contributed by atoms with Gasteiger partial charge >= 0.3 is 0 Å². The van der Waals surface area contributed by atoms with E-state index in [0.717, 1.165) is 44.6 Å². The van der Waals surface area contributed by atoms with Crippen LogP contribution < -0.4 is 4.90 Å². The summed E-state index contributed by atoms with van der Waals surface area (Å²) in [5, 5.41) is 9.61. The Kier molecular flexibility index (Phi) is 7.53. The number of nitrogens with zero attached hydrogens (tertiary/aromatic N) is 1. The van der Waals surface area contributed by atoms with Gasteiger partial charge in [-0.3, -0.25) is 0 Å². The first kappa shape index (κ1) is 32.0. The molecule has 0 aliphatic heterocycles. The summed E-state index contributed by atoms with van der Waals surface area (Å²) in [7, 11) is 0. The van der Waals surface area contributed by atoms with Crippen molar-refractivity contribution in [1.29, 1.82) is 0 Å². The molecule has 2 heteroatoms. The van der Waals surface area contributed by atoms with Gasteiger partial charge in [0.15, 0.2) is 0 Å². The molecule has 2 nitrogen and oxygen atoms in total. The van der Waals surface area contributed by atoms with Crippen LogP contribution in [0, 0.1) is 0 Å². The molecule has 1 heterocycles. The average molecular weight is 714 g/mol. The number of rotatable bonds is 6. The van der Waals surface area contributed by atoms with Crippen LogP contribution in [0.3, 0.4) is 0 Å². The first-order chi connectivity index (χ1) is 27.7. The average Bonchev–Trinajstić information content (AvgIpc) is 3.62. The summed E-state index contributed by atoms with van der Waals surface area (Å²) in [5.41, 5.74) is 12.0. The number of benzene rings is 10. The van der Waals surface area contributed by atoms with E-state index in [-0.39, 0.29) is 0 Å². The molecule has 0 aliphatic carbocycles. The van der Waals surface area contributed by atoms with Gasteiger partial charge in [-0.05, 0) is 132 Å². The van der Waals surface area contributed by atoms with Gasteiger partial charge in [-0.2, -0.15) is 0 Å². The van der Waals surface area contributed by atoms with Crippen LogP contribution in [0.2, 0.25) is 0 Å². The van der Waals surface area contributed by atoms with Gasteiger partial charge in [-0.25, -0.2) is 0 Å². The van der Waals surface area contributed by atoms with Gasteiger partial charge in [0.05, 0.1) is 0 Å². The van der Waals surface area contributed by atoms with Crippen molar-refractivity contribution < 1.29 is 4.42 Å². The van der Waals surface area contributed by atoms with Crippen molar-refractivity contribution in [3.8, 4) is 33.4 Å². The molecule has 0 spiro atoms. The maximum atomic E-state index is 6.58. The minimum absolute atomic E-state index is 0.866. The van der Waals surface area contributed by atoms with Crippen LogP contribution in [0.4, 0.5) is 17.1 Å². The van der Waals surface area contributed by atoms with Crippen molar-refractivity contribution in [2.75, 3.05) is 4.90 Å². The highest BCUT2D eigenvalue weighted by molar-refractivity contribution is 6.11. The maximum Gasteiger partial charge on any atom is 0.137 e. The molecule has 11 rings (SSSR count). The zero-order valence-electron chi connectivity index (χ0n) is 30.6. The Morgan fingerprint density at radius 1 is 0.250 bits per heavy atom. The normalized spacial score (nSPS) is 11.6. The Morgan fingerprint density at radius 3 is 1.38 bits per heavy atom.